The molecule has 2 atom stereocenters. The number of nitrogens with two attached hydrogens (primary N) is 1. The van der Waals surface area contributed by atoms with Crippen molar-refractivity contribution in [1.29, 1.82) is 0 Å². The lowest BCUT2D eigenvalue weighted by Crippen LogP contribution is -2.55. The lowest BCUT2D eigenvalue weighted by Gasteiger charge is -2.52. The molecule has 5 nitrogen and oxygen atoms in total. The Morgan fingerprint density at radius 3 is 2.28 bits per heavy atom. The van der Waals surface area contributed by atoms with Gasteiger partial charge in [0.15, 0.2) is 0 Å². The van der Waals surface area contributed by atoms with Crippen LogP contribution >= 0.6 is 0 Å². The number of ether oxygens (including phenoxy) is 1. The quantitative estimate of drug-likeness (QED) is 0.829. The Labute approximate surface area is 150 Å². The number of rotatable bonds is 5. The fraction of sp³-hybridized carbons (Fsp3) is 0.900. The summed E-state index contributed by atoms with van der Waals surface area (Å²) in [5, 5.41) is 0. The molecule has 4 fully saturated rings. The summed E-state index contributed by atoms with van der Waals surface area (Å²) in [4.78, 5) is 26.8. The minimum absolute atomic E-state index is 0.00213. The van der Waals surface area contributed by atoms with E-state index in [1.54, 1.807) is 0 Å². The normalized spacial score (nSPS) is 32.9. The molecule has 0 aromatic carbocycles. The molecule has 2 saturated heterocycles. The fourth-order valence-corrected chi connectivity index (χ4v) is 5.54. The molecule has 2 aliphatic heterocycles. The van der Waals surface area contributed by atoms with Crippen molar-refractivity contribution >= 4 is 11.8 Å². The van der Waals surface area contributed by atoms with E-state index in [0.29, 0.717) is 24.3 Å². The van der Waals surface area contributed by atoms with Crippen LogP contribution in [0.3, 0.4) is 0 Å². The number of carbonyl (C=O) groups is 2. The van der Waals surface area contributed by atoms with Gasteiger partial charge in [-0.05, 0) is 63.2 Å². The summed E-state index contributed by atoms with van der Waals surface area (Å²) in [7, 11) is 0. The van der Waals surface area contributed by atoms with Crippen LogP contribution in [0.25, 0.3) is 0 Å². The molecule has 0 unspecified atom stereocenters. The molecule has 4 rings (SSSR count). The van der Waals surface area contributed by atoms with Crippen molar-refractivity contribution in [2.24, 2.45) is 28.9 Å². The SMILES string of the molecule is NC(=O)[C@@H]1CCO[C@@H]1CC1CCN(C(=O)C2(C3CCC3)CCC2)CC1. The molecule has 0 aromatic rings. The molecule has 2 N–H and O–H groups in total. The zero-order valence-electron chi connectivity index (χ0n) is 15.3. The summed E-state index contributed by atoms with van der Waals surface area (Å²) in [6.45, 7) is 2.41. The third-order valence-electron chi connectivity index (χ3n) is 7.60. The van der Waals surface area contributed by atoms with Gasteiger partial charge in [-0.15, -0.1) is 0 Å². The van der Waals surface area contributed by atoms with E-state index >= 15 is 0 Å². The van der Waals surface area contributed by atoms with Crippen molar-refractivity contribution < 1.29 is 14.3 Å². The second kappa shape index (κ2) is 6.90. The monoisotopic (exact) mass is 348 g/mol. The maximum absolute atomic E-state index is 13.2. The number of primary amides is 1. The second-order valence-electron chi connectivity index (χ2n) is 8.82. The lowest BCUT2D eigenvalue weighted by atomic mass is 9.54. The molecule has 5 heteroatoms. The van der Waals surface area contributed by atoms with Gasteiger partial charge in [-0.3, -0.25) is 9.59 Å². The number of hydrogen-bond acceptors (Lipinski definition) is 3. The van der Waals surface area contributed by atoms with E-state index in [1.165, 1.54) is 25.7 Å². The fourth-order valence-electron chi connectivity index (χ4n) is 5.54. The minimum atomic E-state index is -0.220. The maximum Gasteiger partial charge on any atom is 0.229 e. The lowest BCUT2D eigenvalue weighted by molar-refractivity contribution is -0.157. The van der Waals surface area contributed by atoms with Crippen LogP contribution in [-0.2, 0) is 14.3 Å². The average molecular weight is 348 g/mol. The number of hydrogen-bond donors (Lipinski definition) is 1. The van der Waals surface area contributed by atoms with Gasteiger partial charge in [0.2, 0.25) is 11.8 Å². The number of carbonyl (C=O) groups excluding carboxylic acids is 2. The molecule has 4 aliphatic rings. The van der Waals surface area contributed by atoms with Crippen LogP contribution in [0, 0.1) is 23.2 Å². The first-order valence-corrected chi connectivity index (χ1v) is 10.3. The van der Waals surface area contributed by atoms with E-state index in [1.807, 2.05) is 0 Å². The predicted octanol–water partition coefficient (Wildman–Crippen LogP) is 2.48. The van der Waals surface area contributed by atoms with Crippen molar-refractivity contribution in [2.45, 2.75) is 70.3 Å². The molecule has 2 amide bonds. The van der Waals surface area contributed by atoms with Crippen LogP contribution in [0.1, 0.15) is 64.2 Å². The minimum Gasteiger partial charge on any atom is -0.377 e. The molecular formula is C20H32N2O3. The highest BCUT2D eigenvalue weighted by atomic mass is 16.5. The van der Waals surface area contributed by atoms with Crippen molar-refractivity contribution in [2.75, 3.05) is 19.7 Å². The Balaban J connectivity index is 1.29. The third kappa shape index (κ3) is 3.09. The van der Waals surface area contributed by atoms with Crippen molar-refractivity contribution in [3.05, 3.63) is 0 Å². The molecule has 0 aromatic heterocycles. The van der Waals surface area contributed by atoms with Crippen molar-refractivity contribution in [3.8, 4) is 0 Å². The Morgan fingerprint density at radius 2 is 1.76 bits per heavy atom. The Kier molecular flexibility index (Phi) is 4.78. The van der Waals surface area contributed by atoms with Crippen LogP contribution in [0.5, 0.6) is 0 Å². The molecule has 25 heavy (non-hydrogen) atoms. The van der Waals surface area contributed by atoms with Crippen LogP contribution in [0.4, 0.5) is 0 Å². The molecule has 0 radical (unpaired) electrons. The number of nitrogens with zero attached hydrogens (tertiary/aromatic N) is 1. The van der Waals surface area contributed by atoms with Crippen LogP contribution in [0.2, 0.25) is 0 Å². The molecule has 0 bridgehead atoms. The molecule has 2 heterocycles. The summed E-state index contributed by atoms with van der Waals surface area (Å²) in [5.41, 5.74) is 5.51. The summed E-state index contributed by atoms with van der Waals surface area (Å²) in [5.74, 6) is 1.33. The van der Waals surface area contributed by atoms with E-state index < -0.39 is 0 Å². The third-order valence-corrected chi connectivity index (χ3v) is 7.60. The molecule has 2 saturated carbocycles. The van der Waals surface area contributed by atoms with Gasteiger partial charge in [0.25, 0.3) is 0 Å². The topological polar surface area (TPSA) is 72.6 Å². The Bertz CT molecular complexity index is 519. The van der Waals surface area contributed by atoms with Gasteiger partial charge in [0.05, 0.1) is 17.4 Å². The first kappa shape index (κ1) is 17.3. The highest BCUT2D eigenvalue weighted by molar-refractivity contribution is 5.84. The van der Waals surface area contributed by atoms with E-state index in [-0.39, 0.29) is 23.3 Å². The standard InChI is InChI=1S/C20H32N2O3/c21-18(23)16-7-12-25-17(16)13-14-5-10-22(11-6-14)19(24)20(8-2-9-20)15-3-1-4-15/h14-17H,1-13H2,(H2,21,23)/t16-,17-/m1/s1. The molecular weight excluding hydrogens is 316 g/mol. The van der Waals surface area contributed by atoms with Crippen LogP contribution in [0.15, 0.2) is 0 Å². The smallest absolute Gasteiger partial charge is 0.229 e. The first-order chi connectivity index (χ1) is 12.1. The summed E-state index contributed by atoms with van der Waals surface area (Å²) < 4.78 is 5.76. The average Bonchev–Trinajstić information content (AvgIpc) is 2.97. The van der Waals surface area contributed by atoms with Crippen molar-refractivity contribution in [3.63, 3.8) is 0 Å². The van der Waals surface area contributed by atoms with Crippen LogP contribution < -0.4 is 5.73 Å². The zero-order chi connectivity index (χ0) is 17.4. The summed E-state index contributed by atoms with van der Waals surface area (Å²) in [6.07, 6.45) is 11.1. The van der Waals surface area contributed by atoms with Crippen molar-refractivity contribution in [1.82, 2.24) is 4.90 Å². The summed E-state index contributed by atoms with van der Waals surface area (Å²) in [6, 6.07) is 0. The molecule has 0 spiro atoms. The summed E-state index contributed by atoms with van der Waals surface area (Å²) >= 11 is 0. The molecule has 140 valence electrons. The van der Waals surface area contributed by atoms with Gasteiger partial charge >= 0.3 is 0 Å². The Morgan fingerprint density at radius 1 is 1.04 bits per heavy atom. The number of piperidine rings is 1. The highest BCUT2D eigenvalue weighted by Crippen LogP contribution is 2.55. The van der Waals surface area contributed by atoms with Gasteiger partial charge in [-0.2, -0.15) is 0 Å². The van der Waals surface area contributed by atoms with E-state index in [2.05, 4.69) is 4.90 Å². The van der Waals surface area contributed by atoms with Crippen LogP contribution in [-0.4, -0.2) is 42.5 Å². The second-order valence-corrected chi connectivity index (χ2v) is 8.82. The maximum atomic E-state index is 13.2. The van der Waals surface area contributed by atoms with E-state index in [4.69, 9.17) is 10.5 Å². The van der Waals surface area contributed by atoms with Gasteiger partial charge in [0.1, 0.15) is 0 Å². The highest BCUT2D eigenvalue weighted by Gasteiger charge is 2.53. The zero-order valence-corrected chi connectivity index (χ0v) is 15.3. The largest absolute Gasteiger partial charge is 0.377 e. The van der Waals surface area contributed by atoms with Gasteiger partial charge in [-0.1, -0.05) is 12.8 Å². The van der Waals surface area contributed by atoms with E-state index in [0.717, 1.165) is 51.6 Å². The predicted molar refractivity (Wildman–Crippen MR) is 94.6 cm³/mol. The first-order valence-electron chi connectivity index (χ1n) is 10.3. The molecule has 2 aliphatic carbocycles. The number of likely N-dealkylation sites (tertiary alicyclic amines) is 1. The van der Waals surface area contributed by atoms with E-state index in [9.17, 15) is 9.59 Å². The van der Waals surface area contributed by atoms with Gasteiger partial charge < -0.3 is 15.4 Å². The van der Waals surface area contributed by atoms with Gasteiger partial charge in [-0.25, -0.2) is 0 Å². The Hall–Kier alpha value is -1.10. The van der Waals surface area contributed by atoms with Gasteiger partial charge in [0, 0.05) is 19.7 Å². The number of amides is 2.